The standard InChI is InChI=1S/C23H20N5O12S/c1-25(13-39-28(33)34)20(30)16-11-18-17(10-14(16)12-29)21(31)26(22(18)32)8-9-38-19-23(27(37-2)40-24-19)41(35,36)15-6-4-3-5-7-15/h3-7,10-12H,8-9,13H2,1-2H3/q+1. The van der Waals surface area contributed by atoms with Crippen LogP contribution in [0, 0.1) is 10.1 Å². The van der Waals surface area contributed by atoms with Gasteiger partial charge in [-0.05, 0) is 28.9 Å². The van der Waals surface area contributed by atoms with Gasteiger partial charge in [0.05, 0.1) is 28.1 Å². The lowest BCUT2D eigenvalue weighted by atomic mass is 9.99. The van der Waals surface area contributed by atoms with Crippen molar-refractivity contribution in [2.75, 3.05) is 34.0 Å². The van der Waals surface area contributed by atoms with E-state index in [1.807, 2.05) is 0 Å². The van der Waals surface area contributed by atoms with Crippen LogP contribution in [0.1, 0.15) is 41.4 Å². The molecule has 0 fully saturated rings. The third kappa shape index (κ3) is 5.39. The Morgan fingerprint density at radius 1 is 1.20 bits per heavy atom. The summed E-state index contributed by atoms with van der Waals surface area (Å²) < 4.78 is 36.6. The van der Waals surface area contributed by atoms with Gasteiger partial charge in [0, 0.05) is 12.6 Å². The predicted octanol–water partition coefficient (Wildman–Crippen LogP) is -0.421. The maximum atomic E-state index is 13.1. The molecule has 1 aliphatic rings. The van der Waals surface area contributed by atoms with Crippen molar-refractivity contribution in [2.45, 2.75) is 9.92 Å². The Bertz CT molecular complexity index is 1650. The van der Waals surface area contributed by atoms with Crippen molar-refractivity contribution in [3.05, 3.63) is 74.8 Å². The van der Waals surface area contributed by atoms with Gasteiger partial charge in [0.15, 0.2) is 17.9 Å². The summed E-state index contributed by atoms with van der Waals surface area (Å²) >= 11 is 0. The van der Waals surface area contributed by atoms with Crippen LogP contribution in [0.3, 0.4) is 0 Å². The van der Waals surface area contributed by atoms with Gasteiger partial charge < -0.3 is 14.5 Å². The summed E-state index contributed by atoms with van der Waals surface area (Å²) in [7, 11) is -1.92. The van der Waals surface area contributed by atoms with E-state index in [2.05, 4.69) is 9.99 Å². The smallest absolute Gasteiger partial charge is 0.445 e. The molecular weight excluding hydrogens is 570 g/mol. The van der Waals surface area contributed by atoms with Crippen LogP contribution in [0.15, 0.2) is 57.0 Å². The van der Waals surface area contributed by atoms with Gasteiger partial charge in [0.2, 0.25) is 5.16 Å². The number of ether oxygens (including phenoxy) is 1. The number of amides is 3. The van der Waals surface area contributed by atoms with Crippen LogP contribution in [-0.2, 0) is 14.7 Å². The number of carbonyl (C=O) groups excluding carboxylic acids is 4. The van der Waals surface area contributed by atoms with E-state index in [1.165, 1.54) is 31.3 Å². The zero-order valence-corrected chi connectivity index (χ0v) is 22.1. The Hall–Kier alpha value is -5.39. The van der Waals surface area contributed by atoms with E-state index in [4.69, 9.17) is 14.2 Å². The molecule has 41 heavy (non-hydrogen) atoms. The first-order valence-corrected chi connectivity index (χ1v) is 12.9. The number of fused-ring (bicyclic) bond motifs is 1. The fraction of sp³-hybridized carbons (Fsp3) is 0.217. The molecule has 214 valence electrons. The molecule has 0 radical (unpaired) electrons. The lowest BCUT2D eigenvalue weighted by Gasteiger charge is -2.17. The third-order valence-corrected chi connectivity index (χ3v) is 7.50. The van der Waals surface area contributed by atoms with Crippen molar-refractivity contribution in [3.8, 4) is 5.88 Å². The molecule has 0 atom stereocenters. The number of nitrogens with zero attached hydrogens (tertiary/aromatic N) is 5. The average molecular weight is 591 g/mol. The predicted molar refractivity (Wildman–Crippen MR) is 129 cm³/mol. The molecule has 0 bridgehead atoms. The zero-order chi connectivity index (χ0) is 29.9. The van der Waals surface area contributed by atoms with Gasteiger partial charge in [-0.2, -0.15) is 0 Å². The summed E-state index contributed by atoms with van der Waals surface area (Å²) in [6, 6.07) is 9.41. The number of hydrogen-bond donors (Lipinski definition) is 0. The summed E-state index contributed by atoms with van der Waals surface area (Å²) in [6.45, 7) is -1.55. The highest BCUT2D eigenvalue weighted by molar-refractivity contribution is 7.91. The highest BCUT2D eigenvalue weighted by Gasteiger charge is 2.42. The Labute approximate surface area is 230 Å². The molecule has 4 rings (SSSR count). The summed E-state index contributed by atoms with van der Waals surface area (Å²) in [6.07, 6.45) is 0.295. The topological polar surface area (TPSA) is 210 Å². The molecule has 1 aliphatic heterocycles. The van der Waals surface area contributed by atoms with Gasteiger partial charge in [0.25, 0.3) is 32.6 Å². The van der Waals surface area contributed by atoms with E-state index in [1.54, 1.807) is 6.07 Å². The number of carbonyl (C=O) groups is 4. The molecule has 0 spiro atoms. The minimum atomic E-state index is -4.23. The summed E-state index contributed by atoms with van der Waals surface area (Å²) in [5.74, 6) is -3.00. The maximum absolute atomic E-state index is 13.1. The molecule has 2 heterocycles. The monoisotopic (exact) mass is 590 g/mol. The van der Waals surface area contributed by atoms with Crippen LogP contribution in [0.4, 0.5) is 0 Å². The van der Waals surface area contributed by atoms with Crippen molar-refractivity contribution < 1.29 is 56.6 Å². The lowest BCUT2D eigenvalue weighted by molar-refractivity contribution is -1.04. The van der Waals surface area contributed by atoms with Gasteiger partial charge in [-0.3, -0.25) is 28.9 Å². The molecule has 0 saturated heterocycles. The molecule has 1 aromatic heterocycles. The van der Waals surface area contributed by atoms with Crippen molar-refractivity contribution in [1.82, 2.24) is 15.0 Å². The second-order valence-electron chi connectivity index (χ2n) is 8.24. The minimum Gasteiger partial charge on any atom is -0.451 e. The molecule has 0 unspecified atom stereocenters. The van der Waals surface area contributed by atoms with Crippen LogP contribution in [-0.4, -0.2) is 86.5 Å². The quantitative estimate of drug-likeness (QED) is 0.0863. The number of hydrogen-bond acceptors (Lipinski definition) is 13. The van der Waals surface area contributed by atoms with E-state index < -0.39 is 56.9 Å². The van der Waals surface area contributed by atoms with Gasteiger partial charge in [-0.25, -0.2) is 8.42 Å². The summed E-state index contributed by atoms with van der Waals surface area (Å²) in [5, 5.41) is 12.3. The first kappa shape index (κ1) is 28.6. The molecule has 0 aliphatic carbocycles. The Morgan fingerprint density at radius 3 is 2.46 bits per heavy atom. The van der Waals surface area contributed by atoms with Gasteiger partial charge in [-0.1, -0.05) is 18.2 Å². The Kier molecular flexibility index (Phi) is 7.94. The zero-order valence-electron chi connectivity index (χ0n) is 21.3. The second-order valence-corrected chi connectivity index (χ2v) is 10.1. The Balaban J connectivity index is 1.53. The first-order chi connectivity index (χ1) is 19.5. The number of imide groups is 1. The largest absolute Gasteiger partial charge is 0.451 e. The number of aromatic nitrogens is 2. The lowest BCUT2D eigenvalue weighted by Crippen LogP contribution is -2.43. The van der Waals surface area contributed by atoms with Crippen molar-refractivity contribution in [1.29, 1.82) is 0 Å². The van der Waals surface area contributed by atoms with Crippen LogP contribution < -0.4 is 14.5 Å². The van der Waals surface area contributed by atoms with Crippen molar-refractivity contribution in [3.63, 3.8) is 0 Å². The summed E-state index contributed by atoms with van der Waals surface area (Å²) in [4.78, 5) is 71.8. The molecule has 3 aromatic rings. The number of sulfone groups is 1. The molecule has 0 saturated carbocycles. The highest BCUT2D eigenvalue weighted by Crippen LogP contribution is 2.28. The van der Waals surface area contributed by atoms with E-state index in [-0.39, 0.29) is 33.7 Å². The normalized spacial score (nSPS) is 12.6. The van der Waals surface area contributed by atoms with Crippen molar-refractivity contribution in [2.24, 2.45) is 0 Å². The third-order valence-electron chi connectivity index (χ3n) is 5.78. The number of aldehydes is 1. The van der Waals surface area contributed by atoms with Crippen molar-refractivity contribution >= 4 is 33.8 Å². The second kappa shape index (κ2) is 11.4. The van der Waals surface area contributed by atoms with Crippen LogP contribution in [0.25, 0.3) is 0 Å². The fourth-order valence-electron chi connectivity index (χ4n) is 3.83. The number of rotatable bonds is 12. The van der Waals surface area contributed by atoms with E-state index in [0.29, 0.717) is 11.2 Å². The first-order valence-electron chi connectivity index (χ1n) is 11.4. The van der Waals surface area contributed by atoms with Gasteiger partial charge in [-0.15, -0.1) is 10.1 Å². The minimum absolute atomic E-state index is 0.105. The van der Waals surface area contributed by atoms with Gasteiger partial charge >= 0.3 is 10.9 Å². The van der Waals surface area contributed by atoms with Crippen LogP contribution >= 0.6 is 0 Å². The molecule has 18 heteroatoms. The van der Waals surface area contributed by atoms with E-state index in [9.17, 15) is 37.7 Å². The molecule has 3 amide bonds. The number of benzene rings is 2. The van der Waals surface area contributed by atoms with E-state index in [0.717, 1.165) is 29.0 Å². The highest BCUT2D eigenvalue weighted by atomic mass is 32.2. The van der Waals surface area contributed by atoms with Crippen LogP contribution in [0.5, 0.6) is 5.88 Å². The molecule has 2 aromatic carbocycles. The SMILES string of the molecule is CO[n+]1onc(OCCN2C(=O)c3cc(C=O)c(C(=O)N(C)CO[N+](=O)[O-])cc3C2=O)c1S(=O)(=O)c1ccccc1. The average Bonchev–Trinajstić information content (AvgIpc) is 3.49. The Morgan fingerprint density at radius 2 is 1.85 bits per heavy atom. The van der Waals surface area contributed by atoms with Crippen LogP contribution in [0.2, 0.25) is 0 Å². The fourth-order valence-corrected chi connectivity index (χ4v) is 5.20. The van der Waals surface area contributed by atoms with Gasteiger partial charge in [0.1, 0.15) is 13.7 Å². The molecule has 0 N–H and O–H groups in total. The maximum Gasteiger partial charge on any atom is 0.445 e. The summed E-state index contributed by atoms with van der Waals surface area (Å²) in [5.41, 5.74) is -0.874. The molecular formula is C23H20N5O12S+. The molecule has 17 nitrogen and oxygen atoms in total. The van der Waals surface area contributed by atoms with E-state index >= 15 is 0 Å².